The number of methoxy groups -OCH3 is 1. The van der Waals surface area contributed by atoms with Gasteiger partial charge in [-0.05, 0) is 54.6 Å². The van der Waals surface area contributed by atoms with E-state index < -0.39 is 0 Å². The highest BCUT2D eigenvalue weighted by Crippen LogP contribution is 2.18. The maximum Gasteiger partial charge on any atom is 0.322 e. The van der Waals surface area contributed by atoms with Gasteiger partial charge in [0.2, 0.25) is 5.91 Å². The molecule has 0 atom stereocenters. The Morgan fingerprint density at radius 3 is 2.37 bits per heavy atom. The molecule has 3 aromatic rings. The molecule has 0 unspecified atom stereocenters. The van der Waals surface area contributed by atoms with Gasteiger partial charge in [-0.3, -0.25) is 4.79 Å². The minimum atomic E-state index is -0.325. The van der Waals surface area contributed by atoms with Crippen LogP contribution in [0.15, 0.2) is 72.1 Å². The quantitative estimate of drug-likeness (QED) is 0.329. The number of ether oxygens (including phenoxy) is 2. The van der Waals surface area contributed by atoms with E-state index >= 15 is 0 Å². The number of hydrogen-bond acceptors (Lipinski definition) is 5. The molecule has 8 heteroatoms. The van der Waals surface area contributed by atoms with E-state index in [4.69, 9.17) is 9.47 Å². The lowest BCUT2D eigenvalue weighted by Gasteiger charge is -2.28. The Morgan fingerprint density at radius 1 is 0.943 bits per heavy atom. The molecule has 0 saturated heterocycles. The van der Waals surface area contributed by atoms with Crippen LogP contribution in [0.3, 0.4) is 0 Å². The molecule has 0 aliphatic carbocycles. The fourth-order valence-electron chi connectivity index (χ4n) is 3.55. The monoisotopic (exact) mass is 495 g/mol. The first-order valence-corrected chi connectivity index (χ1v) is 12.6. The van der Waals surface area contributed by atoms with Gasteiger partial charge < -0.3 is 24.6 Å². The molecule has 1 aromatic heterocycles. The van der Waals surface area contributed by atoms with E-state index in [1.807, 2.05) is 66.9 Å². The van der Waals surface area contributed by atoms with Gasteiger partial charge in [-0.1, -0.05) is 36.4 Å². The molecule has 0 aliphatic rings. The van der Waals surface area contributed by atoms with Crippen molar-refractivity contribution in [3.05, 3.63) is 82.6 Å². The van der Waals surface area contributed by atoms with Gasteiger partial charge in [-0.15, -0.1) is 11.3 Å². The van der Waals surface area contributed by atoms with Crippen molar-refractivity contribution < 1.29 is 19.1 Å². The summed E-state index contributed by atoms with van der Waals surface area (Å²) in [5, 5.41) is 4.90. The highest BCUT2D eigenvalue weighted by Gasteiger charge is 2.22. The molecule has 0 spiro atoms. The summed E-state index contributed by atoms with van der Waals surface area (Å²) in [5.41, 5.74) is 1.68. The van der Waals surface area contributed by atoms with Crippen molar-refractivity contribution in [1.82, 2.24) is 9.80 Å². The van der Waals surface area contributed by atoms with Gasteiger partial charge in [-0.25, -0.2) is 4.79 Å². The number of hydrogen-bond donors (Lipinski definition) is 1. The molecule has 0 fully saturated rings. The van der Waals surface area contributed by atoms with Crippen molar-refractivity contribution in [2.75, 3.05) is 38.7 Å². The first kappa shape index (κ1) is 26.2. The van der Waals surface area contributed by atoms with Crippen LogP contribution in [0.4, 0.5) is 10.5 Å². The molecule has 7 nitrogen and oxygen atoms in total. The maximum atomic E-state index is 13.5. The number of benzene rings is 2. The zero-order valence-corrected chi connectivity index (χ0v) is 21.1. The summed E-state index contributed by atoms with van der Waals surface area (Å²) in [6, 6.07) is 20.8. The van der Waals surface area contributed by atoms with E-state index in [0.29, 0.717) is 45.0 Å². The van der Waals surface area contributed by atoms with Crippen molar-refractivity contribution in [1.29, 1.82) is 0 Å². The first-order chi connectivity index (χ1) is 17.1. The van der Waals surface area contributed by atoms with Gasteiger partial charge in [0.25, 0.3) is 0 Å². The van der Waals surface area contributed by atoms with Crippen molar-refractivity contribution in [3.8, 4) is 5.75 Å². The highest BCUT2D eigenvalue weighted by molar-refractivity contribution is 7.09. The predicted octanol–water partition coefficient (Wildman–Crippen LogP) is 5.25. The third-order valence-electron chi connectivity index (χ3n) is 5.30. The summed E-state index contributed by atoms with van der Waals surface area (Å²) in [7, 11) is 1.62. The molecule has 0 saturated carbocycles. The second-order valence-corrected chi connectivity index (χ2v) is 9.00. The molecule has 0 radical (unpaired) electrons. The van der Waals surface area contributed by atoms with Crippen molar-refractivity contribution in [2.45, 2.75) is 26.4 Å². The number of amides is 3. The SMILES string of the molecule is CCOc1ccc(NC(=O)N(CCCOC)CC(=O)N(Cc2ccccc2)Cc2cccs2)cc1. The third kappa shape index (κ3) is 8.73. The van der Waals surface area contributed by atoms with Crippen LogP contribution in [0.2, 0.25) is 0 Å². The minimum absolute atomic E-state index is 0.0230. The van der Waals surface area contributed by atoms with Crippen LogP contribution < -0.4 is 10.1 Å². The van der Waals surface area contributed by atoms with Crippen LogP contribution in [0.25, 0.3) is 0 Å². The first-order valence-electron chi connectivity index (χ1n) is 11.7. The van der Waals surface area contributed by atoms with Gasteiger partial charge in [-0.2, -0.15) is 0 Å². The third-order valence-corrected chi connectivity index (χ3v) is 6.16. The lowest BCUT2D eigenvalue weighted by atomic mass is 10.2. The van der Waals surface area contributed by atoms with Crippen molar-refractivity contribution >= 4 is 29.0 Å². The fourth-order valence-corrected chi connectivity index (χ4v) is 4.27. The van der Waals surface area contributed by atoms with E-state index in [1.165, 1.54) is 0 Å². The van der Waals surface area contributed by atoms with E-state index in [9.17, 15) is 9.59 Å². The van der Waals surface area contributed by atoms with Crippen LogP contribution in [0, 0.1) is 0 Å². The maximum absolute atomic E-state index is 13.5. The molecule has 1 N–H and O–H groups in total. The zero-order valence-electron chi connectivity index (χ0n) is 20.3. The summed E-state index contributed by atoms with van der Waals surface area (Å²) in [5.74, 6) is 0.629. The Labute approximate surface area is 211 Å². The average molecular weight is 496 g/mol. The summed E-state index contributed by atoms with van der Waals surface area (Å²) in [4.78, 5) is 31.0. The molecular weight excluding hydrogens is 462 g/mol. The van der Waals surface area contributed by atoms with Crippen molar-refractivity contribution in [2.24, 2.45) is 0 Å². The average Bonchev–Trinajstić information content (AvgIpc) is 3.38. The number of anilines is 1. The lowest BCUT2D eigenvalue weighted by Crippen LogP contribution is -2.44. The number of carbonyl (C=O) groups is 2. The Kier molecular flexibility index (Phi) is 10.6. The summed E-state index contributed by atoms with van der Waals surface area (Å²) >= 11 is 1.61. The Bertz CT molecular complexity index is 1030. The summed E-state index contributed by atoms with van der Waals surface area (Å²) in [6.45, 7) is 4.35. The molecule has 3 rings (SSSR count). The molecule has 1 heterocycles. The van der Waals surface area contributed by atoms with E-state index in [2.05, 4.69) is 5.32 Å². The second kappa shape index (κ2) is 14.1. The van der Waals surface area contributed by atoms with Gasteiger partial charge in [0.05, 0.1) is 13.2 Å². The molecule has 186 valence electrons. The van der Waals surface area contributed by atoms with Crippen LogP contribution >= 0.6 is 11.3 Å². The predicted molar refractivity (Wildman–Crippen MR) is 140 cm³/mol. The minimum Gasteiger partial charge on any atom is -0.494 e. The van der Waals surface area contributed by atoms with Crippen LogP contribution in [0.1, 0.15) is 23.8 Å². The number of thiophene rings is 1. The van der Waals surface area contributed by atoms with Gasteiger partial charge in [0.1, 0.15) is 12.3 Å². The molecule has 0 bridgehead atoms. The normalized spacial score (nSPS) is 10.6. The summed E-state index contributed by atoms with van der Waals surface area (Å²) < 4.78 is 10.6. The largest absolute Gasteiger partial charge is 0.494 e. The van der Waals surface area contributed by atoms with Crippen LogP contribution in [0.5, 0.6) is 5.75 Å². The molecule has 35 heavy (non-hydrogen) atoms. The van der Waals surface area contributed by atoms with Crippen LogP contribution in [-0.2, 0) is 22.6 Å². The Balaban J connectivity index is 1.71. The van der Waals surface area contributed by atoms with Gasteiger partial charge in [0.15, 0.2) is 0 Å². The standard InChI is InChI=1S/C27H33N3O4S/c1-3-34-24-14-12-23(13-15-24)28-27(32)29(16-8-17-33-2)21-26(31)30(20-25-11-7-18-35-25)19-22-9-5-4-6-10-22/h4-7,9-15,18H,3,8,16-17,19-21H2,1-2H3,(H,28,32). The van der Waals surface area contributed by atoms with E-state index in [1.54, 1.807) is 40.4 Å². The Morgan fingerprint density at radius 2 is 1.71 bits per heavy atom. The second-order valence-electron chi connectivity index (χ2n) is 7.97. The smallest absolute Gasteiger partial charge is 0.322 e. The van der Waals surface area contributed by atoms with Crippen molar-refractivity contribution in [3.63, 3.8) is 0 Å². The molecule has 3 amide bonds. The van der Waals surface area contributed by atoms with E-state index in [-0.39, 0.29) is 18.5 Å². The molecular formula is C27H33N3O4S. The number of nitrogens with zero attached hydrogens (tertiary/aromatic N) is 2. The number of carbonyl (C=O) groups excluding carboxylic acids is 2. The van der Waals surface area contributed by atoms with Gasteiger partial charge >= 0.3 is 6.03 Å². The number of rotatable bonds is 13. The molecule has 0 aliphatic heterocycles. The molecule has 2 aromatic carbocycles. The van der Waals surface area contributed by atoms with Gasteiger partial charge in [0, 0.05) is 37.4 Å². The number of nitrogens with one attached hydrogen (secondary N) is 1. The Hall–Kier alpha value is -3.36. The highest BCUT2D eigenvalue weighted by atomic mass is 32.1. The zero-order chi connectivity index (χ0) is 24.9. The number of urea groups is 1. The lowest BCUT2D eigenvalue weighted by molar-refractivity contribution is -0.133. The van der Waals surface area contributed by atoms with E-state index in [0.717, 1.165) is 16.2 Å². The van der Waals surface area contributed by atoms with Crippen LogP contribution in [-0.4, -0.2) is 55.2 Å². The topological polar surface area (TPSA) is 71.1 Å². The fraction of sp³-hybridized carbons (Fsp3) is 0.333. The summed E-state index contributed by atoms with van der Waals surface area (Å²) in [6.07, 6.45) is 0.629.